The molecule has 5 heterocycles. The molecule has 17 heteroatoms. The van der Waals surface area contributed by atoms with Gasteiger partial charge in [0, 0.05) is 12.3 Å². The summed E-state index contributed by atoms with van der Waals surface area (Å²) in [6, 6.07) is 0. The summed E-state index contributed by atoms with van der Waals surface area (Å²) in [7, 11) is 0. The molecule has 0 radical (unpaired) electrons. The summed E-state index contributed by atoms with van der Waals surface area (Å²) in [5.41, 5.74) is 1.52. The molecule has 1 spiro atoms. The van der Waals surface area contributed by atoms with E-state index in [-0.39, 0.29) is 23.0 Å². The molecule has 15 unspecified atom stereocenters. The summed E-state index contributed by atoms with van der Waals surface area (Å²) < 4.78 is 49.9. The number of allylic oxidation sites excluding steroid dienone is 1. The van der Waals surface area contributed by atoms with Gasteiger partial charge in [0.05, 0.1) is 31.5 Å². The van der Waals surface area contributed by atoms with Crippen molar-refractivity contribution < 1.29 is 83.8 Å². The maximum Gasteiger partial charge on any atom is 0.187 e. The average Bonchev–Trinajstić information content (AvgIpc) is 3.79. The molecule has 348 valence electrons. The van der Waals surface area contributed by atoms with E-state index >= 15 is 0 Å². The van der Waals surface area contributed by atoms with Crippen LogP contribution < -0.4 is 0 Å². The van der Waals surface area contributed by atoms with Crippen molar-refractivity contribution in [2.75, 3.05) is 19.8 Å². The highest BCUT2D eigenvalue weighted by Gasteiger charge is 2.69. The van der Waals surface area contributed by atoms with Crippen molar-refractivity contribution in [3.05, 3.63) is 11.6 Å². The Hall–Kier alpha value is -0.940. The molecular weight excluding hydrogens is 800 g/mol. The van der Waals surface area contributed by atoms with Crippen LogP contribution in [0.2, 0.25) is 0 Å². The topological polar surface area (TPSA) is 245 Å². The normalized spacial score (nSPS) is 57.0. The minimum Gasteiger partial charge on any atom is -0.394 e. The Balaban J connectivity index is 0.911. The lowest BCUT2D eigenvalue weighted by Gasteiger charge is -2.58. The molecule has 0 aromatic carbocycles. The second-order valence-corrected chi connectivity index (χ2v) is 20.7. The van der Waals surface area contributed by atoms with Crippen molar-refractivity contribution in [3.63, 3.8) is 0 Å². The zero-order valence-corrected chi connectivity index (χ0v) is 36.0. The average molecular weight is 871 g/mol. The number of hydrogen-bond donors (Lipinski definition) is 8. The van der Waals surface area contributed by atoms with Crippen LogP contribution in [0, 0.1) is 46.3 Å². The summed E-state index contributed by atoms with van der Waals surface area (Å²) in [6.07, 6.45) is -9.10. The Morgan fingerprint density at radius 3 is 2.18 bits per heavy atom. The van der Waals surface area contributed by atoms with Gasteiger partial charge < -0.3 is 73.6 Å². The van der Waals surface area contributed by atoms with Crippen molar-refractivity contribution in [1.29, 1.82) is 0 Å². The predicted molar refractivity (Wildman–Crippen MR) is 210 cm³/mol. The molecule has 0 aromatic heterocycles. The molecule has 8 fully saturated rings. The predicted octanol–water partition coefficient (Wildman–Crippen LogP) is 1.35. The van der Waals surface area contributed by atoms with Crippen molar-refractivity contribution in [2.45, 2.75) is 196 Å². The van der Waals surface area contributed by atoms with E-state index in [1.54, 1.807) is 0 Å². The molecule has 25 atom stereocenters. The van der Waals surface area contributed by atoms with Gasteiger partial charge >= 0.3 is 0 Å². The quantitative estimate of drug-likeness (QED) is 0.0926. The van der Waals surface area contributed by atoms with E-state index in [9.17, 15) is 35.7 Å². The summed E-state index contributed by atoms with van der Waals surface area (Å²) >= 11 is 0. The van der Waals surface area contributed by atoms with Crippen LogP contribution in [-0.4, -0.2) is 165 Å². The first-order chi connectivity index (χ1) is 29.0. The Morgan fingerprint density at radius 1 is 0.738 bits per heavy atom. The summed E-state index contributed by atoms with van der Waals surface area (Å²) in [5.74, 6) is 2.62. The van der Waals surface area contributed by atoms with E-state index < -0.39 is 105 Å². The van der Waals surface area contributed by atoms with Gasteiger partial charge in [-0.15, -0.1) is 0 Å². The molecule has 4 aliphatic carbocycles. The molecule has 0 bridgehead atoms. The monoisotopic (exact) mass is 870 g/mol. The van der Waals surface area contributed by atoms with Gasteiger partial charge in [-0.1, -0.05) is 39.3 Å². The van der Waals surface area contributed by atoms with Crippen LogP contribution in [0.15, 0.2) is 11.6 Å². The van der Waals surface area contributed by atoms with Crippen molar-refractivity contribution >= 4 is 0 Å². The van der Waals surface area contributed by atoms with Crippen LogP contribution >= 0.6 is 0 Å². The second-order valence-electron chi connectivity index (χ2n) is 20.7. The molecule has 0 amide bonds. The molecule has 9 aliphatic rings. The Bertz CT molecular complexity index is 1580. The number of rotatable bonds is 9. The van der Waals surface area contributed by atoms with Crippen molar-refractivity contribution in [3.8, 4) is 0 Å². The molecule has 3 saturated carbocycles. The highest BCUT2D eigenvalue weighted by molar-refractivity contribution is 5.26. The smallest absolute Gasteiger partial charge is 0.187 e. The second kappa shape index (κ2) is 17.0. The summed E-state index contributed by atoms with van der Waals surface area (Å²) in [4.78, 5) is 4.10. The third-order valence-corrected chi connectivity index (χ3v) is 17.4. The fourth-order valence-corrected chi connectivity index (χ4v) is 13.9. The van der Waals surface area contributed by atoms with Gasteiger partial charge in [-0.3, -0.25) is 5.26 Å². The van der Waals surface area contributed by atoms with E-state index in [4.69, 9.17) is 43.2 Å². The SMILES string of the molecule is CC1OC(OC2[C@H](O[C@H]3CC[C@@]4(C)C(=CCC5C6CC7OC8(CC[C@@H](C)CO8)[C@@H](C)C7[C@@]6(C)CCC54)C3)OC(CO)[C@@H](O[C@@H]3O[C@H](COO)C(O)C3O)[C@@H]2O)C(O)C(O)C1O. The van der Waals surface area contributed by atoms with Gasteiger partial charge in [-0.25, -0.2) is 4.89 Å². The van der Waals surface area contributed by atoms with Gasteiger partial charge in [-0.05, 0) is 98.7 Å². The van der Waals surface area contributed by atoms with E-state index in [1.807, 2.05) is 0 Å². The zero-order chi connectivity index (χ0) is 43.3. The highest BCUT2D eigenvalue weighted by atomic mass is 17.1. The fourth-order valence-electron chi connectivity index (χ4n) is 13.9. The molecule has 17 nitrogen and oxygen atoms in total. The third-order valence-electron chi connectivity index (χ3n) is 17.4. The molecule has 5 aliphatic heterocycles. The number of fused-ring (bicyclic) bond motifs is 7. The van der Waals surface area contributed by atoms with E-state index in [1.165, 1.54) is 18.9 Å². The molecule has 0 aromatic rings. The first kappa shape index (κ1) is 45.2. The maximum atomic E-state index is 12.0. The summed E-state index contributed by atoms with van der Waals surface area (Å²) in [6.45, 7) is 10.8. The van der Waals surface area contributed by atoms with E-state index in [0.29, 0.717) is 48.3 Å². The van der Waals surface area contributed by atoms with Crippen molar-refractivity contribution in [2.24, 2.45) is 46.3 Å². The first-order valence-electron chi connectivity index (χ1n) is 22.9. The lowest BCUT2D eigenvalue weighted by Crippen LogP contribution is -2.65. The molecule has 5 saturated heterocycles. The molecule has 9 rings (SSSR count). The van der Waals surface area contributed by atoms with Gasteiger partial charge in [0.15, 0.2) is 24.7 Å². The molecule has 61 heavy (non-hydrogen) atoms. The zero-order valence-electron chi connectivity index (χ0n) is 36.0. The Labute approximate surface area is 357 Å². The Kier molecular flexibility index (Phi) is 12.6. The number of aliphatic hydroxyl groups excluding tert-OH is 7. The Morgan fingerprint density at radius 2 is 1.46 bits per heavy atom. The van der Waals surface area contributed by atoms with Crippen LogP contribution in [0.5, 0.6) is 0 Å². The lowest BCUT2D eigenvalue weighted by molar-refractivity contribution is -0.380. The van der Waals surface area contributed by atoms with E-state index in [2.05, 4.69) is 38.7 Å². The van der Waals surface area contributed by atoms with Crippen LogP contribution in [0.4, 0.5) is 0 Å². The minimum atomic E-state index is -1.71. The number of ether oxygens (including phenoxy) is 8. The van der Waals surface area contributed by atoms with E-state index in [0.717, 1.165) is 45.1 Å². The van der Waals surface area contributed by atoms with Crippen LogP contribution in [0.25, 0.3) is 0 Å². The third kappa shape index (κ3) is 7.51. The highest BCUT2D eigenvalue weighted by Crippen LogP contribution is 2.70. The number of aliphatic hydroxyl groups is 7. The standard InChI is InChI=1S/C44H70O17/c1-19-8-13-44(53-17-19)20(2)30-27(61-44)15-26-24-7-6-22-14-23(9-11-42(22,4)25(24)10-12-43(26,30)5)56-41-38(60-39-35(50)33(48)31(46)21(3)55-39)36(51)37(28(16-45)57-41)59-40-34(49)32(47)29(58-40)18-54-52/h6,19-21,23-41,45-52H,7-18H2,1-5H3/t19-,20+,21?,23+,24?,25?,26?,27?,28?,29-,30?,31?,32?,33?,34?,35?,36+,37-,38?,39?,40+,41-,42+,43+,44?/m1/s1. The fraction of sp³-hybridized carbons (Fsp3) is 0.955. The van der Waals surface area contributed by atoms with Crippen LogP contribution in [0.3, 0.4) is 0 Å². The van der Waals surface area contributed by atoms with Gasteiger partial charge in [0.1, 0.15) is 67.6 Å². The van der Waals surface area contributed by atoms with Gasteiger partial charge in [0.2, 0.25) is 0 Å². The van der Waals surface area contributed by atoms with Crippen LogP contribution in [-0.2, 0) is 42.8 Å². The lowest BCUT2D eigenvalue weighted by atomic mass is 9.47. The maximum absolute atomic E-state index is 12.0. The first-order valence-corrected chi connectivity index (χ1v) is 22.9. The minimum absolute atomic E-state index is 0.0215. The largest absolute Gasteiger partial charge is 0.394 e. The molecule has 8 N–H and O–H groups in total. The van der Waals surface area contributed by atoms with Crippen molar-refractivity contribution in [1.82, 2.24) is 0 Å². The molecular formula is C44H70O17. The summed E-state index contributed by atoms with van der Waals surface area (Å²) in [5, 5.41) is 84.4. The number of hydrogen-bond acceptors (Lipinski definition) is 17. The van der Waals surface area contributed by atoms with Crippen LogP contribution in [0.1, 0.15) is 92.4 Å². The van der Waals surface area contributed by atoms with Gasteiger partial charge in [-0.2, -0.15) is 0 Å². The van der Waals surface area contributed by atoms with Gasteiger partial charge in [0.25, 0.3) is 0 Å².